The van der Waals surface area contributed by atoms with E-state index in [0.717, 1.165) is 21.5 Å². The fourth-order valence-corrected chi connectivity index (χ4v) is 3.02. The first kappa shape index (κ1) is 16.2. The van der Waals surface area contributed by atoms with Gasteiger partial charge in [0.05, 0.1) is 12.5 Å². The summed E-state index contributed by atoms with van der Waals surface area (Å²) in [5.74, 6) is 1.05. The summed E-state index contributed by atoms with van der Waals surface area (Å²) >= 11 is 1.51. The number of hydrogen-bond donors (Lipinski definition) is 0. The van der Waals surface area contributed by atoms with Crippen molar-refractivity contribution in [2.75, 3.05) is 20.8 Å². The first-order valence-corrected chi connectivity index (χ1v) is 8.24. The van der Waals surface area contributed by atoms with Crippen LogP contribution in [0.2, 0.25) is 0 Å². The van der Waals surface area contributed by atoms with Crippen LogP contribution in [0.5, 0.6) is 11.6 Å². The molecule has 7 heteroatoms. The van der Waals surface area contributed by atoms with Crippen molar-refractivity contribution < 1.29 is 14.3 Å². The lowest BCUT2D eigenvalue weighted by Gasteiger charge is -2.19. The van der Waals surface area contributed by atoms with E-state index >= 15 is 0 Å². The molecule has 3 rings (SSSR count). The van der Waals surface area contributed by atoms with E-state index in [9.17, 15) is 4.79 Å². The molecule has 0 spiro atoms. The number of rotatable bonds is 6. The number of para-hydroxylation sites is 1. The minimum atomic E-state index is -0.136. The summed E-state index contributed by atoms with van der Waals surface area (Å²) in [7, 11) is 3.35. The Bertz CT molecular complexity index is 850. The van der Waals surface area contributed by atoms with Crippen LogP contribution in [-0.4, -0.2) is 41.5 Å². The number of amides is 1. The lowest BCUT2D eigenvalue weighted by molar-refractivity contribution is -0.132. The summed E-state index contributed by atoms with van der Waals surface area (Å²) in [5, 5.41) is 2.74. The highest BCUT2D eigenvalue weighted by Gasteiger charge is 2.14. The topological polar surface area (TPSA) is 64.5 Å². The van der Waals surface area contributed by atoms with Gasteiger partial charge in [-0.2, -0.15) is 0 Å². The molecular formula is C17H17N3O3S. The molecule has 3 aromatic rings. The van der Waals surface area contributed by atoms with Crippen LogP contribution in [-0.2, 0) is 11.3 Å². The maximum atomic E-state index is 12.3. The highest BCUT2D eigenvalue weighted by Crippen LogP contribution is 2.25. The zero-order valence-corrected chi connectivity index (χ0v) is 14.2. The lowest BCUT2D eigenvalue weighted by Crippen LogP contribution is -2.31. The first-order chi connectivity index (χ1) is 11.7. The van der Waals surface area contributed by atoms with Crippen LogP contribution in [0.1, 0.15) is 5.56 Å². The molecule has 0 saturated carbocycles. The summed E-state index contributed by atoms with van der Waals surface area (Å²) in [4.78, 5) is 23.0. The van der Waals surface area contributed by atoms with Crippen LogP contribution in [0, 0.1) is 0 Å². The Morgan fingerprint density at radius 3 is 2.92 bits per heavy atom. The molecule has 124 valence electrons. The molecule has 0 saturated heterocycles. The van der Waals surface area contributed by atoms with Gasteiger partial charge in [-0.15, -0.1) is 11.3 Å². The zero-order chi connectivity index (χ0) is 16.9. The van der Waals surface area contributed by atoms with Crippen molar-refractivity contribution in [1.82, 2.24) is 14.9 Å². The summed E-state index contributed by atoms with van der Waals surface area (Å²) < 4.78 is 10.9. The van der Waals surface area contributed by atoms with Gasteiger partial charge in [0.2, 0.25) is 5.88 Å². The maximum absolute atomic E-state index is 12.3. The number of hydrogen-bond acceptors (Lipinski definition) is 6. The van der Waals surface area contributed by atoms with Gasteiger partial charge < -0.3 is 14.4 Å². The van der Waals surface area contributed by atoms with Crippen molar-refractivity contribution >= 4 is 27.5 Å². The first-order valence-electron chi connectivity index (χ1n) is 7.36. The smallest absolute Gasteiger partial charge is 0.260 e. The van der Waals surface area contributed by atoms with Gasteiger partial charge >= 0.3 is 0 Å². The summed E-state index contributed by atoms with van der Waals surface area (Å²) in [6.45, 7) is 0.372. The number of thiophene rings is 1. The van der Waals surface area contributed by atoms with E-state index in [0.29, 0.717) is 12.4 Å². The van der Waals surface area contributed by atoms with E-state index in [1.165, 1.54) is 17.7 Å². The molecule has 0 fully saturated rings. The van der Waals surface area contributed by atoms with E-state index in [2.05, 4.69) is 9.97 Å². The SMILES string of the molecule is COc1ccccc1CN(C)C(=O)COc1ncnc2sccc12. The van der Waals surface area contributed by atoms with Gasteiger partial charge in [-0.25, -0.2) is 9.97 Å². The average molecular weight is 343 g/mol. The molecule has 0 radical (unpaired) electrons. The monoisotopic (exact) mass is 343 g/mol. The largest absolute Gasteiger partial charge is 0.496 e. The molecule has 0 aliphatic rings. The molecule has 0 aliphatic heterocycles. The number of benzene rings is 1. The quantitative estimate of drug-likeness (QED) is 0.688. The fraction of sp³-hybridized carbons (Fsp3) is 0.235. The number of fused-ring (bicyclic) bond motifs is 1. The van der Waals surface area contributed by atoms with Crippen molar-refractivity contribution in [1.29, 1.82) is 0 Å². The summed E-state index contributed by atoms with van der Waals surface area (Å²) in [6, 6.07) is 9.51. The Hall–Kier alpha value is -2.67. The number of likely N-dealkylation sites (N-methyl/N-ethyl adjacent to an activating group) is 1. The Balaban J connectivity index is 1.63. The molecule has 1 amide bonds. The van der Waals surface area contributed by atoms with E-state index in [1.807, 2.05) is 35.7 Å². The average Bonchev–Trinajstić information content (AvgIpc) is 3.09. The highest BCUT2D eigenvalue weighted by atomic mass is 32.1. The number of ether oxygens (including phenoxy) is 2. The zero-order valence-electron chi connectivity index (χ0n) is 13.4. The van der Waals surface area contributed by atoms with Crippen LogP contribution >= 0.6 is 11.3 Å². The fourth-order valence-electron chi connectivity index (χ4n) is 2.30. The molecule has 2 aromatic heterocycles. The van der Waals surface area contributed by atoms with E-state index < -0.39 is 0 Å². The second-order valence-corrected chi connectivity index (χ2v) is 6.06. The van der Waals surface area contributed by atoms with Crippen LogP contribution in [0.15, 0.2) is 42.0 Å². The number of methoxy groups -OCH3 is 1. The van der Waals surface area contributed by atoms with Gasteiger partial charge in [-0.3, -0.25) is 4.79 Å². The molecular weight excluding hydrogens is 326 g/mol. The van der Waals surface area contributed by atoms with Crippen molar-refractivity contribution in [3.8, 4) is 11.6 Å². The third-order valence-corrected chi connectivity index (χ3v) is 4.40. The number of carbonyl (C=O) groups is 1. The third-order valence-electron chi connectivity index (χ3n) is 3.58. The molecule has 0 N–H and O–H groups in total. The normalized spacial score (nSPS) is 10.6. The van der Waals surface area contributed by atoms with Crippen LogP contribution < -0.4 is 9.47 Å². The standard InChI is InChI=1S/C17H17N3O3S/c1-20(9-12-5-3-4-6-14(12)22-2)15(21)10-23-16-13-7-8-24-17(13)19-11-18-16/h3-8,11H,9-10H2,1-2H3. The maximum Gasteiger partial charge on any atom is 0.260 e. The second-order valence-electron chi connectivity index (χ2n) is 5.17. The predicted octanol–water partition coefficient (Wildman–Crippen LogP) is 2.74. The minimum absolute atomic E-state index is 0.0758. The van der Waals surface area contributed by atoms with Gasteiger partial charge in [0.25, 0.3) is 5.91 Å². The molecule has 0 aliphatic carbocycles. The predicted molar refractivity (Wildman–Crippen MR) is 92.4 cm³/mol. The Kier molecular flexibility index (Phi) is 4.90. The van der Waals surface area contributed by atoms with Crippen molar-refractivity contribution in [2.45, 2.75) is 6.54 Å². The third kappa shape index (κ3) is 3.46. The van der Waals surface area contributed by atoms with Gasteiger partial charge in [0.15, 0.2) is 6.61 Å². The molecule has 0 bridgehead atoms. The molecule has 1 aromatic carbocycles. The highest BCUT2D eigenvalue weighted by molar-refractivity contribution is 7.16. The van der Waals surface area contributed by atoms with Gasteiger partial charge in [0.1, 0.15) is 16.9 Å². The Labute approximate surface area is 143 Å². The lowest BCUT2D eigenvalue weighted by atomic mass is 10.2. The Morgan fingerprint density at radius 2 is 2.08 bits per heavy atom. The van der Waals surface area contributed by atoms with Crippen molar-refractivity contribution in [3.63, 3.8) is 0 Å². The van der Waals surface area contributed by atoms with E-state index in [-0.39, 0.29) is 12.5 Å². The number of carbonyl (C=O) groups excluding carboxylic acids is 1. The molecule has 0 atom stereocenters. The molecule has 0 unspecified atom stereocenters. The Morgan fingerprint density at radius 1 is 1.25 bits per heavy atom. The van der Waals surface area contributed by atoms with Crippen LogP contribution in [0.4, 0.5) is 0 Å². The molecule has 2 heterocycles. The summed E-state index contributed by atoms with van der Waals surface area (Å²) in [5.41, 5.74) is 0.943. The van der Waals surface area contributed by atoms with Gasteiger partial charge in [0, 0.05) is 19.2 Å². The van der Waals surface area contributed by atoms with E-state index in [1.54, 1.807) is 19.1 Å². The minimum Gasteiger partial charge on any atom is -0.496 e. The van der Waals surface area contributed by atoms with Crippen LogP contribution in [0.3, 0.4) is 0 Å². The van der Waals surface area contributed by atoms with Crippen molar-refractivity contribution in [2.24, 2.45) is 0 Å². The molecule has 24 heavy (non-hydrogen) atoms. The molecule has 6 nitrogen and oxygen atoms in total. The van der Waals surface area contributed by atoms with Gasteiger partial charge in [-0.05, 0) is 17.5 Å². The van der Waals surface area contributed by atoms with Gasteiger partial charge in [-0.1, -0.05) is 18.2 Å². The number of nitrogens with zero attached hydrogens (tertiary/aromatic N) is 3. The van der Waals surface area contributed by atoms with Crippen LogP contribution in [0.25, 0.3) is 10.2 Å². The number of aromatic nitrogens is 2. The summed E-state index contributed by atoms with van der Waals surface area (Å²) in [6.07, 6.45) is 1.44. The van der Waals surface area contributed by atoms with E-state index in [4.69, 9.17) is 9.47 Å². The second kappa shape index (κ2) is 7.27. The van der Waals surface area contributed by atoms with Crippen molar-refractivity contribution in [3.05, 3.63) is 47.6 Å².